The Morgan fingerprint density at radius 3 is 2.52 bits per heavy atom. The Balaban J connectivity index is 0.00000171. The predicted octanol–water partition coefficient (Wildman–Crippen LogP) is 3.28. The van der Waals surface area contributed by atoms with Crippen LogP contribution in [0, 0.1) is 11.3 Å². The number of carbonyl (C=O) groups excluding carboxylic acids is 1. The minimum Gasteiger partial charge on any atom is -0.352 e. The number of nitrogens with two attached hydrogens (primary N) is 1. The van der Waals surface area contributed by atoms with Crippen LogP contribution in [-0.2, 0) is 11.2 Å². The minimum atomic E-state index is -0.580. The van der Waals surface area contributed by atoms with E-state index in [0.717, 1.165) is 21.6 Å². The molecule has 1 fully saturated rings. The van der Waals surface area contributed by atoms with Crippen molar-refractivity contribution >= 4 is 69.7 Å². The molecule has 11 heteroatoms. The van der Waals surface area contributed by atoms with Crippen LogP contribution in [0.25, 0.3) is 10.2 Å². The first-order valence-electron chi connectivity index (χ1n) is 9.23. The van der Waals surface area contributed by atoms with Gasteiger partial charge in [-0.1, -0.05) is 23.7 Å². The highest BCUT2D eigenvalue weighted by Gasteiger charge is 2.27. The molecule has 0 bridgehead atoms. The smallest absolute Gasteiger partial charge is 0.239 e. The molecule has 0 unspecified atom stereocenters. The molecule has 0 saturated carbocycles. The third-order valence-corrected chi connectivity index (χ3v) is 6.26. The quantitative estimate of drug-likeness (QED) is 0.591. The van der Waals surface area contributed by atoms with E-state index in [4.69, 9.17) is 22.6 Å². The van der Waals surface area contributed by atoms with Gasteiger partial charge in [0.2, 0.25) is 5.91 Å². The summed E-state index contributed by atoms with van der Waals surface area (Å²) < 4.78 is 0.906. The number of piperazine rings is 1. The largest absolute Gasteiger partial charge is 0.352 e. The van der Waals surface area contributed by atoms with Crippen LogP contribution in [0.15, 0.2) is 36.7 Å². The predicted molar refractivity (Wildman–Crippen MR) is 129 cm³/mol. The van der Waals surface area contributed by atoms with Crippen LogP contribution >= 0.6 is 47.8 Å². The Hall–Kier alpha value is -2.15. The van der Waals surface area contributed by atoms with Gasteiger partial charge in [-0.25, -0.2) is 9.97 Å². The summed E-state index contributed by atoms with van der Waals surface area (Å²) in [5, 5.41) is 9.81. The van der Waals surface area contributed by atoms with E-state index in [1.807, 2.05) is 17.0 Å². The number of benzene rings is 1. The molecule has 1 aliphatic rings. The average Bonchev–Trinajstić information content (AvgIpc) is 3.18. The SMILES string of the molecule is Cl.Cl.N#Cc1cc2ncnc(N3CCN(C(=O)[C@H](N)Cc4ccc(Cl)cc4)CC3)c2s1. The molecule has 1 atom stereocenters. The van der Waals surface area contributed by atoms with Gasteiger partial charge in [0, 0.05) is 31.2 Å². The van der Waals surface area contributed by atoms with Crippen LogP contribution < -0.4 is 10.6 Å². The van der Waals surface area contributed by atoms with E-state index in [0.29, 0.717) is 42.5 Å². The van der Waals surface area contributed by atoms with Gasteiger partial charge in [-0.05, 0) is 30.2 Å². The summed E-state index contributed by atoms with van der Waals surface area (Å²) in [6, 6.07) is 10.8. The molecule has 3 heterocycles. The summed E-state index contributed by atoms with van der Waals surface area (Å²) >= 11 is 7.30. The fraction of sp³-hybridized carbons (Fsp3) is 0.300. The molecule has 1 aromatic carbocycles. The number of thiophene rings is 1. The third-order valence-electron chi connectivity index (χ3n) is 4.98. The molecule has 0 spiro atoms. The highest BCUT2D eigenvalue weighted by Crippen LogP contribution is 2.31. The summed E-state index contributed by atoms with van der Waals surface area (Å²) in [6.45, 7) is 2.47. The Morgan fingerprint density at radius 1 is 1.19 bits per heavy atom. The molecule has 2 N–H and O–H groups in total. The molecular formula is C20H21Cl3N6OS. The number of aromatic nitrogens is 2. The third kappa shape index (κ3) is 5.56. The minimum absolute atomic E-state index is 0. The van der Waals surface area contributed by atoms with Crippen LogP contribution in [0.2, 0.25) is 5.02 Å². The first-order valence-corrected chi connectivity index (χ1v) is 10.4. The van der Waals surface area contributed by atoms with Crippen molar-refractivity contribution < 1.29 is 4.79 Å². The van der Waals surface area contributed by atoms with E-state index in [2.05, 4.69) is 20.9 Å². The Morgan fingerprint density at radius 2 is 1.87 bits per heavy atom. The summed E-state index contributed by atoms with van der Waals surface area (Å²) in [4.78, 5) is 26.0. The number of hydrogen-bond donors (Lipinski definition) is 1. The number of anilines is 1. The summed E-state index contributed by atoms with van der Waals surface area (Å²) in [6.07, 6.45) is 2.00. The second-order valence-electron chi connectivity index (χ2n) is 6.88. The topological polar surface area (TPSA) is 99.1 Å². The summed E-state index contributed by atoms with van der Waals surface area (Å²) in [5.41, 5.74) is 7.94. The summed E-state index contributed by atoms with van der Waals surface area (Å²) in [7, 11) is 0. The number of rotatable bonds is 4. The Labute approximate surface area is 201 Å². The van der Waals surface area contributed by atoms with E-state index in [9.17, 15) is 4.79 Å². The van der Waals surface area contributed by atoms with Crippen molar-refractivity contribution in [2.45, 2.75) is 12.5 Å². The summed E-state index contributed by atoms with van der Waals surface area (Å²) in [5.74, 6) is 0.773. The lowest BCUT2D eigenvalue weighted by molar-refractivity contribution is -0.132. The van der Waals surface area contributed by atoms with Crippen molar-refractivity contribution in [3.05, 3.63) is 52.1 Å². The van der Waals surface area contributed by atoms with Crippen molar-refractivity contribution in [2.24, 2.45) is 5.73 Å². The molecular weight excluding hydrogens is 479 g/mol. The number of halogens is 3. The maximum Gasteiger partial charge on any atom is 0.239 e. The fourth-order valence-electron chi connectivity index (χ4n) is 3.46. The molecule has 1 aliphatic heterocycles. The molecule has 1 saturated heterocycles. The molecule has 3 aromatic rings. The number of hydrogen-bond acceptors (Lipinski definition) is 7. The second kappa shape index (κ2) is 10.9. The number of nitriles is 1. The van der Waals surface area contributed by atoms with Gasteiger partial charge in [0.15, 0.2) is 0 Å². The van der Waals surface area contributed by atoms with Gasteiger partial charge in [-0.2, -0.15) is 5.26 Å². The van der Waals surface area contributed by atoms with E-state index in [1.54, 1.807) is 18.2 Å². The van der Waals surface area contributed by atoms with Gasteiger partial charge in [0.25, 0.3) is 0 Å². The van der Waals surface area contributed by atoms with Crippen molar-refractivity contribution in [1.29, 1.82) is 5.26 Å². The number of amides is 1. The van der Waals surface area contributed by atoms with Crippen LogP contribution in [0.5, 0.6) is 0 Å². The maximum absolute atomic E-state index is 12.8. The highest BCUT2D eigenvalue weighted by atomic mass is 35.5. The Bertz CT molecular complexity index is 1080. The molecule has 0 aliphatic carbocycles. The molecule has 7 nitrogen and oxygen atoms in total. The van der Waals surface area contributed by atoms with Crippen LogP contribution in [-0.4, -0.2) is 53.0 Å². The molecule has 4 rings (SSSR count). The first-order chi connectivity index (χ1) is 14.0. The van der Waals surface area contributed by atoms with Gasteiger partial charge in [-0.15, -0.1) is 36.2 Å². The zero-order chi connectivity index (χ0) is 20.4. The molecule has 2 aromatic heterocycles. The maximum atomic E-state index is 12.8. The van der Waals surface area contributed by atoms with Gasteiger partial charge < -0.3 is 15.5 Å². The zero-order valence-corrected chi connectivity index (χ0v) is 19.6. The van der Waals surface area contributed by atoms with Gasteiger partial charge in [0.05, 0.1) is 16.3 Å². The Kier molecular flexibility index (Phi) is 8.86. The lowest BCUT2D eigenvalue weighted by atomic mass is 10.1. The van der Waals surface area contributed by atoms with Crippen molar-refractivity contribution in [3.8, 4) is 6.07 Å². The average molecular weight is 500 g/mol. The monoisotopic (exact) mass is 498 g/mol. The zero-order valence-electron chi connectivity index (χ0n) is 16.4. The van der Waals surface area contributed by atoms with E-state index in [-0.39, 0.29) is 30.7 Å². The van der Waals surface area contributed by atoms with Crippen molar-refractivity contribution in [2.75, 3.05) is 31.1 Å². The van der Waals surface area contributed by atoms with Crippen LogP contribution in [0.4, 0.5) is 5.82 Å². The lowest BCUT2D eigenvalue weighted by Gasteiger charge is -2.36. The second-order valence-corrected chi connectivity index (χ2v) is 8.37. The van der Waals surface area contributed by atoms with Gasteiger partial charge >= 0.3 is 0 Å². The fourth-order valence-corrected chi connectivity index (χ4v) is 4.51. The van der Waals surface area contributed by atoms with Gasteiger partial charge in [0.1, 0.15) is 23.1 Å². The molecule has 0 radical (unpaired) electrons. The van der Waals surface area contributed by atoms with E-state index >= 15 is 0 Å². The molecule has 164 valence electrons. The van der Waals surface area contributed by atoms with Crippen molar-refractivity contribution in [1.82, 2.24) is 14.9 Å². The number of carbonyl (C=O) groups is 1. The van der Waals surface area contributed by atoms with Gasteiger partial charge in [-0.3, -0.25) is 4.79 Å². The normalized spacial score (nSPS) is 14.4. The van der Waals surface area contributed by atoms with Crippen molar-refractivity contribution in [3.63, 3.8) is 0 Å². The van der Waals surface area contributed by atoms with E-state index in [1.165, 1.54) is 17.7 Å². The number of fused-ring (bicyclic) bond motifs is 1. The van der Waals surface area contributed by atoms with Crippen LogP contribution in [0.1, 0.15) is 10.4 Å². The highest BCUT2D eigenvalue weighted by molar-refractivity contribution is 7.20. The number of nitrogens with zero attached hydrogens (tertiary/aromatic N) is 5. The first kappa shape index (κ1) is 25.1. The lowest BCUT2D eigenvalue weighted by Crippen LogP contribution is -2.53. The van der Waals surface area contributed by atoms with E-state index < -0.39 is 6.04 Å². The standard InChI is InChI=1S/C20H19ClN6OS.2ClH/c21-14-3-1-13(2-4-14)9-16(23)20(28)27-7-5-26(6-8-27)19-18-17(24-12-25-19)10-15(11-22)29-18;;/h1-4,10,12,16H,5-9,23H2;2*1H/t16-;;/m1../s1. The molecule has 1 amide bonds. The molecule has 31 heavy (non-hydrogen) atoms. The van der Waals surface area contributed by atoms with Crippen LogP contribution in [0.3, 0.4) is 0 Å².